The van der Waals surface area contributed by atoms with E-state index in [9.17, 15) is 0 Å². The molecule has 1 aromatic heterocycles. The molecule has 0 bridgehead atoms. The van der Waals surface area contributed by atoms with Gasteiger partial charge in [0.1, 0.15) is 17.2 Å². The van der Waals surface area contributed by atoms with Gasteiger partial charge in [0.2, 0.25) is 0 Å². The van der Waals surface area contributed by atoms with E-state index < -0.39 is 0 Å². The lowest BCUT2D eigenvalue weighted by atomic mass is 10.2. The third-order valence-electron chi connectivity index (χ3n) is 4.97. The lowest BCUT2D eigenvalue weighted by Crippen LogP contribution is -2.02. The average molecular weight is 478 g/mol. The molecular weight excluding hydrogens is 450 g/mol. The van der Waals surface area contributed by atoms with Crippen molar-refractivity contribution < 1.29 is 14.2 Å². The van der Waals surface area contributed by atoms with E-state index in [0.717, 1.165) is 16.7 Å². The second-order valence-electron chi connectivity index (χ2n) is 7.60. The van der Waals surface area contributed by atoms with Crippen LogP contribution < -0.4 is 14.2 Å². The van der Waals surface area contributed by atoms with E-state index in [1.54, 1.807) is 0 Å². The molecule has 0 aliphatic rings. The van der Waals surface area contributed by atoms with Gasteiger partial charge in [0, 0.05) is 16.7 Å². The molecule has 0 amide bonds. The smallest absolute Gasteiger partial charge is 0.331 e. The number of hydrogen-bond acceptors (Lipinski definition) is 6. The van der Waals surface area contributed by atoms with Crippen LogP contribution in [0.15, 0.2) is 91.0 Å². The van der Waals surface area contributed by atoms with Crippen LogP contribution in [0.5, 0.6) is 35.3 Å². The molecule has 0 N–H and O–H groups in total. The van der Waals surface area contributed by atoms with E-state index in [4.69, 9.17) is 14.2 Å². The van der Waals surface area contributed by atoms with Crippen molar-refractivity contribution in [3.05, 3.63) is 108 Å². The van der Waals surface area contributed by atoms with Gasteiger partial charge in [-0.25, -0.2) is 0 Å². The number of rotatable bonds is 9. The van der Waals surface area contributed by atoms with Gasteiger partial charge >= 0.3 is 18.0 Å². The highest BCUT2D eigenvalue weighted by molar-refractivity contribution is 5.59. The monoisotopic (exact) mass is 477 g/mol. The minimum absolute atomic E-state index is 0.0546. The highest BCUT2D eigenvalue weighted by Crippen LogP contribution is 2.31. The van der Waals surface area contributed by atoms with Gasteiger partial charge in [0.05, 0.1) is 0 Å². The largest absolute Gasteiger partial charge is 0.423 e. The Morgan fingerprint density at radius 2 is 0.722 bits per heavy atom. The summed E-state index contributed by atoms with van der Waals surface area (Å²) in [6.07, 6.45) is 11.7. The summed E-state index contributed by atoms with van der Waals surface area (Å²) in [7, 11) is 0. The zero-order valence-electron chi connectivity index (χ0n) is 20.5. The zero-order chi connectivity index (χ0) is 25.2. The van der Waals surface area contributed by atoms with Gasteiger partial charge < -0.3 is 14.2 Å². The van der Waals surface area contributed by atoms with Crippen LogP contribution >= 0.6 is 0 Å². The van der Waals surface area contributed by atoms with Crippen molar-refractivity contribution in [2.24, 2.45) is 0 Å². The van der Waals surface area contributed by atoms with Crippen molar-refractivity contribution in [3.63, 3.8) is 0 Å². The Morgan fingerprint density at radius 1 is 0.444 bits per heavy atom. The molecule has 36 heavy (non-hydrogen) atoms. The van der Waals surface area contributed by atoms with E-state index in [0.29, 0.717) is 17.2 Å². The van der Waals surface area contributed by atoms with Gasteiger partial charge in [0.25, 0.3) is 0 Å². The molecule has 0 fully saturated rings. The van der Waals surface area contributed by atoms with Crippen LogP contribution in [0.4, 0.5) is 0 Å². The molecule has 0 saturated carbocycles. The molecule has 3 aromatic carbocycles. The number of benzene rings is 3. The predicted molar refractivity (Wildman–Crippen MR) is 143 cm³/mol. The van der Waals surface area contributed by atoms with E-state index in [1.807, 2.05) is 130 Å². The number of aromatic nitrogens is 3. The Hall–Kier alpha value is -4.71. The summed E-state index contributed by atoms with van der Waals surface area (Å²) >= 11 is 0. The Morgan fingerprint density at radius 3 is 1.00 bits per heavy atom. The standard InChI is InChI=1S/C30H27N3O3/c1-4-13-22-16-7-10-19-25(22)34-28-31-29(35-26-20-11-8-17-23(26)14-5-2)33-30(32-28)36-27-21-12-9-18-24(27)15-6-3/h4-21H,1-3H3. The molecule has 0 atom stereocenters. The van der Waals surface area contributed by atoms with E-state index in [1.165, 1.54) is 0 Å². The minimum Gasteiger partial charge on any atom is -0.423 e. The first-order valence-electron chi connectivity index (χ1n) is 11.6. The molecular formula is C30H27N3O3. The van der Waals surface area contributed by atoms with Gasteiger partial charge in [-0.15, -0.1) is 15.0 Å². The Labute approximate surface area is 211 Å². The van der Waals surface area contributed by atoms with Crippen LogP contribution in [-0.4, -0.2) is 15.0 Å². The van der Waals surface area contributed by atoms with Crippen LogP contribution in [0.2, 0.25) is 0 Å². The van der Waals surface area contributed by atoms with Gasteiger partial charge in [-0.1, -0.05) is 91.1 Å². The average Bonchev–Trinajstić information content (AvgIpc) is 2.88. The summed E-state index contributed by atoms with van der Waals surface area (Å²) in [6, 6.07) is 23.0. The zero-order valence-corrected chi connectivity index (χ0v) is 20.5. The molecule has 0 aliphatic heterocycles. The first kappa shape index (κ1) is 24.4. The first-order valence-corrected chi connectivity index (χ1v) is 11.6. The fourth-order valence-corrected chi connectivity index (χ4v) is 3.42. The SMILES string of the molecule is CC=Cc1ccccc1Oc1nc(Oc2ccccc2C=CC)nc(Oc2ccccc2C=CC)n1. The normalized spacial score (nSPS) is 11.4. The molecule has 6 heteroatoms. The van der Waals surface area contributed by atoms with Crippen LogP contribution in [0.3, 0.4) is 0 Å². The molecule has 0 unspecified atom stereocenters. The van der Waals surface area contributed by atoms with E-state index in [-0.39, 0.29) is 18.0 Å². The van der Waals surface area contributed by atoms with E-state index in [2.05, 4.69) is 15.0 Å². The maximum atomic E-state index is 6.07. The van der Waals surface area contributed by atoms with Crippen LogP contribution in [0.25, 0.3) is 18.2 Å². The van der Waals surface area contributed by atoms with Crippen LogP contribution in [0.1, 0.15) is 37.5 Å². The number of ether oxygens (including phenoxy) is 3. The van der Waals surface area contributed by atoms with Gasteiger partial charge in [-0.05, 0) is 39.0 Å². The minimum atomic E-state index is 0.0546. The van der Waals surface area contributed by atoms with E-state index >= 15 is 0 Å². The predicted octanol–water partition coefficient (Wildman–Crippen LogP) is 8.35. The molecule has 4 aromatic rings. The summed E-state index contributed by atoms with van der Waals surface area (Å²) in [6.45, 7) is 5.84. The summed E-state index contributed by atoms with van der Waals surface area (Å²) < 4.78 is 18.2. The van der Waals surface area contributed by atoms with Gasteiger partial charge in [0.15, 0.2) is 0 Å². The number of para-hydroxylation sites is 3. The topological polar surface area (TPSA) is 66.4 Å². The summed E-state index contributed by atoms with van der Waals surface area (Å²) in [5, 5.41) is 0. The lowest BCUT2D eigenvalue weighted by molar-refractivity contribution is 0.361. The summed E-state index contributed by atoms with van der Waals surface area (Å²) in [5.41, 5.74) is 2.67. The fraction of sp³-hybridized carbons (Fsp3) is 0.100. The van der Waals surface area contributed by atoms with Crippen LogP contribution in [0, 0.1) is 0 Å². The third kappa shape index (κ3) is 6.24. The number of allylic oxidation sites excluding steroid dienone is 3. The third-order valence-corrected chi connectivity index (χ3v) is 4.97. The molecule has 0 radical (unpaired) electrons. The highest BCUT2D eigenvalue weighted by Gasteiger charge is 2.15. The number of hydrogen-bond donors (Lipinski definition) is 0. The fourth-order valence-electron chi connectivity index (χ4n) is 3.42. The first-order chi connectivity index (χ1) is 17.7. The van der Waals surface area contributed by atoms with Crippen molar-refractivity contribution >= 4 is 18.2 Å². The highest BCUT2D eigenvalue weighted by atomic mass is 16.5. The summed E-state index contributed by atoms with van der Waals surface area (Å²) in [5.74, 6) is 1.80. The maximum absolute atomic E-state index is 6.07. The van der Waals surface area contributed by atoms with Gasteiger partial charge in [-0.2, -0.15) is 0 Å². The quantitative estimate of drug-likeness (QED) is 0.241. The molecule has 0 saturated heterocycles. The second-order valence-corrected chi connectivity index (χ2v) is 7.60. The second kappa shape index (κ2) is 12.1. The van der Waals surface area contributed by atoms with Crippen molar-refractivity contribution in [3.8, 4) is 35.3 Å². The molecule has 0 spiro atoms. The Balaban J connectivity index is 1.75. The van der Waals surface area contributed by atoms with Crippen molar-refractivity contribution in [1.82, 2.24) is 15.0 Å². The maximum Gasteiger partial charge on any atom is 0.331 e. The van der Waals surface area contributed by atoms with Crippen molar-refractivity contribution in [2.45, 2.75) is 20.8 Å². The molecule has 0 aliphatic carbocycles. The molecule has 4 rings (SSSR count). The molecule has 6 nitrogen and oxygen atoms in total. The molecule has 1 heterocycles. The Bertz CT molecular complexity index is 1230. The number of nitrogens with zero attached hydrogens (tertiary/aromatic N) is 3. The van der Waals surface area contributed by atoms with Crippen LogP contribution in [-0.2, 0) is 0 Å². The van der Waals surface area contributed by atoms with Gasteiger partial charge in [-0.3, -0.25) is 0 Å². The van der Waals surface area contributed by atoms with Crippen molar-refractivity contribution in [2.75, 3.05) is 0 Å². The Kier molecular flexibility index (Phi) is 8.22. The summed E-state index contributed by atoms with van der Waals surface area (Å²) in [4.78, 5) is 13.3. The lowest BCUT2D eigenvalue weighted by Gasteiger charge is -2.12. The molecule has 180 valence electrons. The van der Waals surface area contributed by atoms with Crippen molar-refractivity contribution in [1.29, 1.82) is 0 Å².